The molecule has 1 aromatic carbocycles. The van der Waals surface area contributed by atoms with Gasteiger partial charge in [0.15, 0.2) is 0 Å². The van der Waals surface area contributed by atoms with Crippen LogP contribution in [0.25, 0.3) is 0 Å². The van der Waals surface area contributed by atoms with Crippen LogP contribution < -0.4 is 15.0 Å². The minimum Gasteiger partial charge on any atom is -0.497 e. The van der Waals surface area contributed by atoms with Crippen molar-refractivity contribution in [1.82, 2.24) is 5.32 Å². The number of ether oxygens (including phenoxy) is 1. The Morgan fingerprint density at radius 2 is 2.17 bits per heavy atom. The van der Waals surface area contributed by atoms with Gasteiger partial charge in [-0.3, -0.25) is 9.59 Å². The Balaban J connectivity index is 2.34. The molecule has 5 nitrogen and oxygen atoms in total. The molecular weight excluding hydrogens is 300 g/mol. The molecule has 1 aliphatic rings. The fourth-order valence-electron chi connectivity index (χ4n) is 1.78. The maximum atomic E-state index is 12.0. The zero-order valence-corrected chi connectivity index (χ0v) is 11.5. The van der Waals surface area contributed by atoms with Crippen molar-refractivity contribution in [2.24, 2.45) is 0 Å². The Morgan fingerprint density at radius 1 is 1.39 bits per heavy atom. The van der Waals surface area contributed by atoms with Crippen LogP contribution in [-0.4, -0.2) is 32.0 Å². The molecule has 1 fully saturated rings. The van der Waals surface area contributed by atoms with Crippen LogP contribution >= 0.6 is 15.9 Å². The average molecular weight is 313 g/mol. The lowest BCUT2D eigenvalue weighted by atomic mass is 10.2. The van der Waals surface area contributed by atoms with Crippen molar-refractivity contribution < 1.29 is 14.3 Å². The number of carbonyl (C=O) groups is 2. The second-order valence-electron chi connectivity index (χ2n) is 3.89. The molecule has 0 spiro atoms. The highest BCUT2D eigenvalue weighted by Crippen LogP contribution is 2.31. The quantitative estimate of drug-likeness (QED) is 0.896. The van der Waals surface area contributed by atoms with Crippen LogP contribution in [0, 0.1) is 0 Å². The molecule has 2 rings (SSSR count). The van der Waals surface area contributed by atoms with Crippen LogP contribution in [0.4, 0.5) is 5.69 Å². The molecule has 1 aromatic rings. The number of rotatable bonds is 2. The van der Waals surface area contributed by atoms with Crippen molar-refractivity contribution in [1.29, 1.82) is 0 Å². The summed E-state index contributed by atoms with van der Waals surface area (Å²) in [5, 5.41) is 2.57. The number of hydrogen-bond donors (Lipinski definition) is 1. The lowest BCUT2D eigenvalue weighted by Gasteiger charge is -2.21. The van der Waals surface area contributed by atoms with Gasteiger partial charge in [0.05, 0.1) is 19.3 Å². The molecule has 1 N–H and O–H groups in total. The van der Waals surface area contributed by atoms with Gasteiger partial charge in [0.1, 0.15) is 5.75 Å². The summed E-state index contributed by atoms with van der Waals surface area (Å²) in [5.74, 6) is 0.434. The molecule has 0 saturated carbocycles. The lowest BCUT2D eigenvalue weighted by Crippen LogP contribution is -2.35. The van der Waals surface area contributed by atoms with Gasteiger partial charge < -0.3 is 15.0 Å². The fraction of sp³-hybridized carbons (Fsp3) is 0.333. The van der Waals surface area contributed by atoms with E-state index in [1.165, 1.54) is 0 Å². The van der Waals surface area contributed by atoms with E-state index in [0.717, 1.165) is 10.2 Å². The monoisotopic (exact) mass is 312 g/mol. The van der Waals surface area contributed by atoms with Crippen LogP contribution in [0.1, 0.15) is 6.42 Å². The SMILES string of the molecule is COc1ccc(Br)c(N2CCC(=O)NCC2=O)c1. The Kier molecular flexibility index (Phi) is 3.86. The van der Waals surface area contributed by atoms with Gasteiger partial charge in [0.25, 0.3) is 0 Å². The lowest BCUT2D eigenvalue weighted by molar-refractivity contribution is -0.123. The van der Waals surface area contributed by atoms with Gasteiger partial charge in [0, 0.05) is 23.5 Å². The second kappa shape index (κ2) is 5.39. The van der Waals surface area contributed by atoms with E-state index < -0.39 is 0 Å². The van der Waals surface area contributed by atoms with E-state index in [1.807, 2.05) is 6.07 Å². The minimum atomic E-state index is -0.130. The number of halogens is 1. The maximum absolute atomic E-state index is 12.0. The highest BCUT2D eigenvalue weighted by molar-refractivity contribution is 9.10. The summed E-state index contributed by atoms with van der Waals surface area (Å²) in [7, 11) is 1.57. The van der Waals surface area contributed by atoms with E-state index in [-0.39, 0.29) is 18.4 Å². The molecule has 0 radical (unpaired) electrons. The second-order valence-corrected chi connectivity index (χ2v) is 4.74. The number of methoxy groups -OCH3 is 1. The molecule has 0 atom stereocenters. The highest BCUT2D eigenvalue weighted by atomic mass is 79.9. The molecule has 1 saturated heterocycles. The van der Waals surface area contributed by atoms with E-state index in [2.05, 4.69) is 21.2 Å². The summed E-state index contributed by atoms with van der Waals surface area (Å²) in [4.78, 5) is 24.8. The summed E-state index contributed by atoms with van der Waals surface area (Å²) in [5.41, 5.74) is 0.718. The molecule has 1 heterocycles. The van der Waals surface area contributed by atoms with Gasteiger partial charge >= 0.3 is 0 Å². The number of nitrogens with zero attached hydrogens (tertiary/aromatic N) is 1. The van der Waals surface area contributed by atoms with Gasteiger partial charge in [-0.15, -0.1) is 0 Å². The molecule has 6 heteroatoms. The third-order valence-corrected chi connectivity index (χ3v) is 3.41. The Hall–Kier alpha value is -1.56. The molecule has 1 aliphatic heterocycles. The molecule has 0 bridgehead atoms. The minimum absolute atomic E-state index is 0.0302. The zero-order valence-electron chi connectivity index (χ0n) is 9.90. The number of anilines is 1. The number of hydrogen-bond acceptors (Lipinski definition) is 3. The van der Waals surface area contributed by atoms with E-state index in [0.29, 0.717) is 18.7 Å². The Labute approximate surface area is 113 Å². The largest absolute Gasteiger partial charge is 0.497 e. The number of nitrogens with one attached hydrogen (secondary N) is 1. The number of benzene rings is 1. The van der Waals surface area contributed by atoms with Gasteiger partial charge in [-0.05, 0) is 28.1 Å². The standard InChI is InChI=1S/C12H13BrN2O3/c1-18-8-2-3-9(13)10(6-8)15-5-4-11(16)14-7-12(15)17/h2-3,6H,4-5,7H2,1H3,(H,14,16). The first-order valence-electron chi connectivity index (χ1n) is 5.52. The predicted molar refractivity (Wildman–Crippen MR) is 70.7 cm³/mol. The topological polar surface area (TPSA) is 58.6 Å². The van der Waals surface area contributed by atoms with Crippen LogP contribution in [0.2, 0.25) is 0 Å². The first-order chi connectivity index (χ1) is 8.61. The smallest absolute Gasteiger partial charge is 0.246 e. The molecule has 2 amide bonds. The van der Waals surface area contributed by atoms with Crippen molar-refractivity contribution in [3.8, 4) is 5.75 Å². The summed E-state index contributed by atoms with van der Waals surface area (Å²) in [6.07, 6.45) is 0.301. The highest BCUT2D eigenvalue weighted by Gasteiger charge is 2.23. The van der Waals surface area contributed by atoms with Crippen molar-refractivity contribution in [2.75, 3.05) is 25.1 Å². The van der Waals surface area contributed by atoms with E-state index in [1.54, 1.807) is 24.1 Å². The number of carbonyl (C=O) groups excluding carboxylic acids is 2. The van der Waals surface area contributed by atoms with Gasteiger partial charge in [0.2, 0.25) is 11.8 Å². The van der Waals surface area contributed by atoms with Crippen LogP contribution in [0.3, 0.4) is 0 Å². The van der Waals surface area contributed by atoms with E-state index in [4.69, 9.17) is 4.74 Å². The Morgan fingerprint density at radius 3 is 2.89 bits per heavy atom. The summed E-state index contributed by atoms with van der Waals surface area (Å²) < 4.78 is 5.94. The molecule has 18 heavy (non-hydrogen) atoms. The van der Waals surface area contributed by atoms with Gasteiger partial charge in [-0.2, -0.15) is 0 Å². The summed E-state index contributed by atoms with van der Waals surface area (Å²) in [6, 6.07) is 5.40. The molecule has 96 valence electrons. The van der Waals surface area contributed by atoms with Crippen molar-refractivity contribution >= 4 is 33.4 Å². The summed E-state index contributed by atoms with van der Waals surface area (Å²) in [6.45, 7) is 0.402. The van der Waals surface area contributed by atoms with Crippen LogP contribution in [0.5, 0.6) is 5.75 Å². The first-order valence-corrected chi connectivity index (χ1v) is 6.31. The van der Waals surface area contributed by atoms with Crippen molar-refractivity contribution in [3.05, 3.63) is 22.7 Å². The van der Waals surface area contributed by atoms with Crippen LogP contribution in [0.15, 0.2) is 22.7 Å². The van der Waals surface area contributed by atoms with E-state index >= 15 is 0 Å². The third kappa shape index (κ3) is 2.64. The van der Waals surface area contributed by atoms with Crippen molar-refractivity contribution in [2.45, 2.75) is 6.42 Å². The maximum Gasteiger partial charge on any atom is 0.246 e. The Bertz CT molecular complexity index is 490. The predicted octanol–water partition coefficient (Wildman–Crippen LogP) is 1.31. The average Bonchev–Trinajstić information content (AvgIpc) is 2.53. The summed E-state index contributed by atoms with van der Waals surface area (Å²) >= 11 is 3.41. The molecule has 0 unspecified atom stereocenters. The molecule has 0 aliphatic carbocycles. The van der Waals surface area contributed by atoms with Crippen LogP contribution in [-0.2, 0) is 9.59 Å². The zero-order chi connectivity index (χ0) is 13.1. The molecular formula is C12H13BrN2O3. The number of amides is 2. The first kappa shape index (κ1) is 12.9. The van der Waals surface area contributed by atoms with Gasteiger partial charge in [-0.1, -0.05) is 0 Å². The van der Waals surface area contributed by atoms with E-state index in [9.17, 15) is 9.59 Å². The van der Waals surface area contributed by atoms with Crippen molar-refractivity contribution in [3.63, 3.8) is 0 Å². The molecule has 0 aromatic heterocycles. The fourth-order valence-corrected chi connectivity index (χ4v) is 2.24. The normalized spacial score (nSPS) is 16.2. The third-order valence-electron chi connectivity index (χ3n) is 2.74. The van der Waals surface area contributed by atoms with Gasteiger partial charge in [-0.25, -0.2) is 0 Å².